The smallest absolute Gasteiger partial charge is 0.247 e. The van der Waals surface area contributed by atoms with Gasteiger partial charge in [0.1, 0.15) is 9.26 Å². The maximum Gasteiger partial charge on any atom is 0.247 e. The Balaban J connectivity index is 1.71. The van der Waals surface area contributed by atoms with Gasteiger partial charge in [-0.15, -0.1) is 5.10 Å². The van der Waals surface area contributed by atoms with E-state index in [1.165, 1.54) is 0 Å². The Morgan fingerprint density at radius 3 is 2.91 bits per heavy atom. The van der Waals surface area contributed by atoms with Crippen molar-refractivity contribution in [3.8, 4) is 5.88 Å². The number of aldehydes is 1. The zero-order valence-corrected chi connectivity index (χ0v) is 14.9. The largest absolute Gasteiger partial charge is 0.476 e. The second kappa shape index (κ2) is 6.84. The molecule has 7 heteroatoms. The molecular weight excluding hydrogens is 399 g/mol. The number of carbonyl (C=O) groups excluding carboxylic acids is 1. The summed E-state index contributed by atoms with van der Waals surface area (Å²) in [7, 11) is 0. The zero-order valence-electron chi connectivity index (χ0n) is 12.7. The Morgan fingerprint density at radius 2 is 2.32 bits per heavy atom. The highest BCUT2D eigenvalue weighted by Crippen LogP contribution is 2.43. The standard InChI is InChI=1S/C15H21IN2O4/c1-2-20-14-13(16)11(9-19)18(17-14)10-15(6-7-15)22-12-5-3-4-8-21-12/h9,12H,2-8,10H2,1H3. The van der Waals surface area contributed by atoms with Gasteiger partial charge in [-0.25, -0.2) is 0 Å². The first-order valence-electron chi connectivity index (χ1n) is 7.81. The van der Waals surface area contributed by atoms with Crippen LogP contribution in [0.3, 0.4) is 0 Å². The number of carbonyl (C=O) groups is 1. The number of ether oxygens (including phenoxy) is 3. The van der Waals surface area contributed by atoms with E-state index in [0.717, 1.165) is 48.6 Å². The Hall–Kier alpha value is -0.670. The van der Waals surface area contributed by atoms with Crippen LogP contribution in [0.4, 0.5) is 0 Å². The number of hydrogen-bond donors (Lipinski definition) is 0. The third-order valence-electron chi connectivity index (χ3n) is 4.06. The number of nitrogens with zero attached hydrogens (tertiary/aromatic N) is 2. The lowest BCUT2D eigenvalue weighted by Gasteiger charge is -2.28. The minimum Gasteiger partial charge on any atom is -0.476 e. The fraction of sp³-hybridized carbons (Fsp3) is 0.733. The molecule has 6 nitrogen and oxygen atoms in total. The molecule has 0 N–H and O–H groups in total. The lowest BCUT2D eigenvalue weighted by Crippen LogP contribution is -2.32. The number of halogens is 1. The second-order valence-corrected chi connectivity index (χ2v) is 6.89. The number of hydrogen-bond acceptors (Lipinski definition) is 5. The molecule has 22 heavy (non-hydrogen) atoms. The maximum atomic E-state index is 11.4. The summed E-state index contributed by atoms with van der Waals surface area (Å²) in [4.78, 5) is 11.4. The fourth-order valence-corrected chi connectivity index (χ4v) is 3.37. The quantitative estimate of drug-likeness (QED) is 0.502. The molecule has 1 saturated heterocycles. The molecule has 1 unspecified atom stereocenters. The zero-order chi connectivity index (χ0) is 15.6. The van der Waals surface area contributed by atoms with E-state index >= 15 is 0 Å². The average Bonchev–Trinajstić information content (AvgIpc) is 3.20. The van der Waals surface area contributed by atoms with Crippen molar-refractivity contribution in [2.75, 3.05) is 13.2 Å². The fourth-order valence-electron chi connectivity index (χ4n) is 2.70. The first kappa shape index (κ1) is 16.2. The van der Waals surface area contributed by atoms with Crippen LogP contribution in [0, 0.1) is 3.57 Å². The molecule has 1 aromatic heterocycles. The van der Waals surface area contributed by atoms with Crippen molar-refractivity contribution in [2.24, 2.45) is 0 Å². The van der Waals surface area contributed by atoms with Gasteiger partial charge >= 0.3 is 0 Å². The molecule has 2 fully saturated rings. The summed E-state index contributed by atoms with van der Waals surface area (Å²) in [6, 6.07) is 0. The van der Waals surface area contributed by atoms with Gasteiger partial charge < -0.3 is 14.2 Å². The molecule has 1 aromatic rings. The van der Waals surface area contributed by atoms with E-state index in [2.05, 4.69) is 27.7 Å². The molecule has 3 rings (SSSR count). The van der Waals surface area contributed by atoms with E-state index in [1.54, 1.807) is 4.68 Å². The van der Waals surface area contributed by atoms with Crippen molar-refractivity contribution in [3.63, 3.8) is 0 Å². The van der Waals surface area contributed by atoms with Gasteiger partial charge in [0.05, 0.1) is 18.8 Å². The molecular formula is C15H21IN2O4. The molecule has 0 amide bonds. The van der Waals surface area contributed by atoms with Crippen LogP contribution >= 0.6 is 22.6 Å². The van der Waals surface area contributed by atoms with Crippen LogP contribution in [0.15, 0.2) is 0 Å². The normalized spacial score (nSPS) is 23.3. The van der Waals surface area contributed by atoms with Gasteiger partial charge in [0, 0.05) is 6.61 Å². The summed E-state index contributed by atoms with van der Waals surface area (Å²) >= 11 is 2.11. The molecule has 0 spiro atoms. The molecule has 1 aliphatic carbocycles. The molecule has 0 aromatic carbocycles. The van der Waals surface area contributed by atoms with Crippen molar-refractivity contribution < 1.29 is 19.0 Å². The van der Waals surface area contributed by atoms with Gasteiger partial charge in [0.2, 0.25) is 5.88 Å². The SMILES string of the molecule is CCOc1nn(CC2(OC3CCCCO3)CC2)c(C=O)c1I. The Labute approximate surface area is 143 Å². The lowest BCUT2D eigenvalue weighted by atomic mass is 10.2. The highest BCUT2D eigenvalue weighted by molar-refractivity contribution is 14.1. The topological polar surface area (TPSA) is 62.6 Å². The van der Waals surface area contributed by atoms with Crippen LogP contribution in [0.2, 0.25) is 0 Å². The van der Waals surface area contributed by atoms with Crippen LogP contribution in [0.5, 0.6) is 5.88 Å². The van der Waals surface area contributed by atoms with Gasteiger partial charge in [-0.3, -0.25) is 9.48 Å². The third kappa shape index (κ3) is 3.46. The highest BCUT2D eigenvalue weighted by atomic mass is 127. The predicted molar refractivity (Wildman–Crippen MR) is 88.1 cm³/mol. The molecule has 1 atom stereocenters. The molecule has 2 heterocycles. The summed E-state index contributed by atoms with van der Waals surface area (Å²) in [5.74, 6) is 0.523. The maximum absolute atomic E-state index is 11.4. The van der Waals surface area contributed by atoms with Crippen LogP contribution < -0.4 is 4.74 Å². The summed E-state index contributed by atoms with van der Waals surface area (Å²) in [5, 5.41) is 4.42. The van der Waals surface area contributed by atoms with Crippen molar-refractivity contribution in [1.29, 1.82) is 0 Å². The Kier molecular flexibility index (Phi) is 5.03. The Bertz CT molecular complexity index is 536. The average molecular weight is 420 g/mol. The Morgan fingerprint density at radius 1 is 1.50 bits per heavy atom. The molecule has 0 radical (unpaired) electrons. The third-order valence-corrected chi connectivity index (χ3v) is 5.07. The lowest BCUT2D eigenvalue weighted by molar-refractivity contribution is -0.200. The van der Waals surface area contributed by atoms with Crippen molar-refractivity contribution >= 4 is 28.9 Å². The predicted octanol–water partition coefficient (Wildman–Crippen LogP) is 2.77. The van der Waals surface area contributed by atoms with Gasteiger partial charge in [0.15, 0.2) is 12.6 Å². The molecule has 2 aliphatic rings. The summed E-state index contributed by atoms with van der Waals surface area (Å²) in [6.07, 6.45) is 5.88. The van der Waals surface area contributed by atoms with E-state index in [0.29, 0.717) is 24.7 Å². The summed E-state index contributed by atoms with van der Waals surface area (Å²) < 4.78 is 19.8. The molecule has 1 aliphatic heterocycles. The van der Waals surface area contributed by atoms with E-state index in [4.69, 9.17) is 14.2 Å². The van der Waals surface area contributed by atoms with Crippen LogP contribution in [-0.2, 0) is 16.0 Å². The van der Waals surface area contributed by atoms with Gasteiger partial charge in [0.25, 0.3) is 0 Å². The number of rotatable bonds is 7. The summed E-state index contributed by atoms with van der Waals surface area (Å²) in [5.41, 5.74) is 0.321. The molecule has 0 bridgehead atoms. The van der Waals surface area contributed by atoms with Crippen LogP contribution in [0.25, 0.3) is 0 Å². The summed E-state index contributed by atoms with van der Waals surface area (Å²) in [6.45, 7) is 3.78. The van der Waals surface area contributed by atoms with Crippen molar-refractivity contribution in [2.45, 2.75) is 57.5 Å². The molecule has 122 valence electrons. The highest BCUT2D eigenvalue weighted by Gasteiger charge is 2.47. The van der Waals surface area contributed by atoms with Crippen molar-refractivity contribution in [1.82, 2.24) is 9.78 Å². The minimum absolute atomic E-state index is 0.114. The first-order chi connectivity index (χ1) is 10.7. The van der Waals surface area contributed by atoms with E-state index < -0.39 is 0 Å². The van der Waals surface area contributed by atoms with Gasteiger partial charge in [-0.05, 0) is 61.6 Å². The minimum atomic E-state index is -0.238. The molecule has 1 saturated carbocycles. The second-order valence-electron chi connectivity index (χ2n) is 5.81. The van der Waals surface area contributed by atoms with Gasteiger partial charge in [-0.1, -0.05) is 0 Å². The van der Waals surface area contributed by atoms with Crippen LogP contribution in [0.1, 0.15) is 49.5 Å². The monoisotopic (exact) mass is 420 g/mol. The van der Waals surface area contributed by atoms with Crippen LogP contribution in [-0.4, -0.2) is 41.2 Å². The van der Waals surface area contributed by atoms with Crippen molar-refractivity contribution in [3.05, 3.63) is 9.26 Å². The van der Waals surface area contributed by atoms with E-state index in [9.17, 15) is 4.79 Å². The van der Waals surface area contributed by atoms with Gasteiger partial charge in [-0.2, -0.15) is 0 Å². The first-order valence-corrected chi connectivity index (χ1v) is 8.89. The number of aromatic nitrogens is 2. The van der Waals surface area contributed by atoms with E-state index in [-0.39, 0.29) is 11.9 Å². The van der Waals surface area contributed by atoms with E-state index in [1.807, 2.05) is 6.92 Å².